The van der Waals surface area contributed by atoms with Crippen LogP contribution in [0.5, 0.6) is 0 Å². The van der Waals surface area contributed by atoms with Gasteiger partial charge in [0.15, 0.2) is 5.58 Å². The van der Waals surface area contributed by atoms with Crippen molar-refractivity contribution in [2.45, 2.75) is 43.5 Å². The summed E-state index contributed by atoms with van der Waals surface area (Å²) >= 11 is 0. The summed E-state index contributed by atoms with van der Waals surface area (Å²) in [5.74, 6) is 0.479. The van der Waals surface area contributed by atoms with Gasteiger partial charge in [-0.25, -0.2) is 13.2 Å². The molecule has 2 aliphatic rings. The summed E-state index contributed by atoms with van der Waals surface area (Å²) in [6, 6.07) is 14.7. The van der Waals surface area contributed by atoms with Gasteiger partial charge in [0.2, 0.25) is 15.9 Å². The predicted molar refractivity (Wildman–Crippen MR) is 152 cm³/mol. The number of fused-ring (bicyclic) bond motifs is 1. The number of nitrogens with zero attached hydrogens (tertiary/aromatic N) is 6. The van der Waals surface area contributed by atoms with E-state index in [2.05, 4.69) is 26.9 Å². The summed E-state index contributed by atoms with van der Waals surface area (Å²) in [6.07, 6.45) is 5.63. The minimum absolute atomic E-state index is 0.0279. The Bertz CT molecular complexity index is 1700. The maximum atomic E-state index is 13.5. The van der Waals surface area contributed by atoms with Gasteiger partial charge in [-0.15, -0.1) is 10.2 Å². The lowest BCUT2D eigenvalue weighted by Gasteiger charge is -2.37. The van der Waals surface area contributed by atoms with Crippen LogP contribution in [0.25, 0.3) is 11.1 Å². The first-order valence-electron chi connectivity index (χ1n) is 14.1. The lowest BCUT2D eigenvalue weighted by Crippen LogP contribution is -2.48. The highest BCUT2D eigenvalue weighted by Crippen LogP contribution is 2.29. The molecule has 0 bridgehead atoms. The van der Waals surface area contributed by atoms with Gasteiger partial charge in [0.1, 0.15) is 12.2 Å². The number of carbonyl (C=O) groups is 1. The third-order valence-corrected chi connectivity index (χ3v) is 10.3. The fourth-order valence-electron chi connectivity index (χ4n) is 6.01. The fourth-order valence-corrected chi connectivity index (χ4v) is 7.55. The van der Waals surface area contributed by atoms with Gasteiger partial charge >= 0.3 is 5.76 Å². The lowest BCUT2D eigenvalue weighted by molar-refractivity contribution is -0.138. The van der Waals surface area contributed by atoms with Gasteiger partial charge in [0.25, 0.3) is 0 Å². The zero-order valence-electron chi connectivity index (χ0n) is 23.1. The predicted octanol–water partition coefficient (Wildman–Crippen LogP) is 2.65. The molecule has 0 aliphatic carbocycles. The number of amides is 1. The standard InChI is InChI=1S/C29H34N6O5S/c1-32-25-10-9-24(17-26(25)40-29(32)37)41(38,39)35-13-5-8-23(19-35)28(36)33-14-11-21(12-15-33)16-27-31-30-20-34(27)18-22-6-3-2-4-7-22/h2-4,6-7,9-10,17,20-21,23H,5,8,11-16,18-19H2,1H3. The van der Waals surface area contributed by atoms with Crippen LogP contribution in [0.3, 0.4) is 0 Å². The molecular weight excluding hydrogens is 544 g/mol. The zero-order valence-corrected chi connectivity index (χ0v) is 23.9. The first-order valence-corrected chi connectivity index (χ1v) is 15.5. The highest BCUT2D eigenvalue weighted by molar-refractivity contribution is 7.89. The van der Waals surface area contributed by atoms with Gasteiger partial charge in [0, 0.05) is 45.7 Å². The molecule has 2 saturated heterocycles. The summed E-state index contributed by atoms with van der Waals surface area (Å²) in [4.78, 5) is 27.3. The number of hydrogen-bond donors (Lipinski definition) is 0. The van der Waals surface area contributed by atoms with Gasteiger partial charge in [0.05, 0.1) is 22.9 Å². The molecular formula is C29H34N6O5S. The number of oxazole rings is 1. The molecule has 216 valence electrons. The molecule has 41 heavy (non-hydrogen) atoms. The summed E-state index contributed by atoms with van der Waals surface area (Å²) in [7, 11) is -2.27. The quantitative estimate of drug-likeness (QED) is 0.330. The minimum atomic E-state index is -3.84. The molecule has 1 amide bonds. The number of aryl methyl sites for hydroxylation is 1. The maximum Gasteiger partial charge on any atom is 0.419 e. The van der Waals surface area contributed by atoms with Crippen LogP contribution in [0.2, 0.25) is 0 Å². The van der Waals surface area contributed by atoms with Crippen molar-refractivity contribution in [2.24, 2.45) is 18.9 Å². The Kier molecular flexibility index (Phi) is 7.52. The molecule has 12 heteroatoms. The summed E-state index contributed by atoms with van der Waals surface area (Å²) in [6.45, 7) is 2.55. The number of carbonyl (C=O) groups excluding carboxylic acids is 1. The second-order valence-corrected chi connectivity index (χ2v) is 13.0. The molecule has 6 rings (SSSR count). The topological polar surface area (TPSA) is 124 Å². The van der Waals surface area contributed by atoms with Crippen molar-refractivity contribution < 1.29 is 17.6 Å². The summed E-state index contributed by atoms with van der Waals surface area (Å²) in [5.41, 5.74) is 1.95. The third-order valence-electron chi connectivity index (χ3n) is 8.42. The first kappa shape index (κ1) is 27.4. The third kappa shape index (κ3) is 5.58. The van der Waals surface area contributed by atoms with Gasteiger partial charge in [-0.05, 0) is 49.3 Å². The molecule has 0 radical (unpaired) electrons. The number of benzene rings is 2. The Morgan fingerprint density at radius 3 is 2.61 bits per heavy atom. The van der Waals surface area contributed by atoms with Crippen molar-refractivity contribution in [1.82, 2.24) is 28.5 Å². The Labute approximate surface area is 238 Å². The average Bonchev–Trinajstić information content (AvgIpc) is 3.55. The summed E-state index contributed by atoms with van der Waals surface area (Å²) in [5, 5.41) is 8.49. The number of rotatable bonds is 7. The number of piperidine rings is 2. The van der Waals surface area contributed by atoms with Crippen LogP contribution in [0.15, 0.2) is 69.0 Å². The van der Waals surface area contributed by atoms with Gasteiger partial charge < -0.3 is 13.9 Å². The van der Waals surface area contributed by atoms with E-state index >= 15 is 0 Å². The van der Waals surface area contributed by atoms with E-state index in [1.807, 2.05) is 23.1 Å². The maximum absolute atomic E-state index is 13.5. The Morgan fingerprint density at radius 1 is 1.05 bits per heavy atom. The first-order chi connectivity index (χ1) is 19.8. The van der Waals surface area contributed by atoms with Crippen molar-refractivity contribution in [3.05, 3.63) is 76.8 Å². The molecule has 11 nitrogen and oxygen atoms in total. The van der Waals surface area contributed by atoms with E-state index in [0.29, 0.717) is 43.9 Å². The van der Waals surface area contributed by atoms with E-state index in [1.165, 1.54) is 26.6 Å². The minimum Gasteiger partial charge on any atom is -0.408 e. The molecule has 0 N–H and O–H groups in total. The van der Waals surface area contributed by atoms with E-state index in [0.717, 1.165) is 31.6 Å². The van der Waals surface area contributed by atoms with Crippen molar-refractivity contribution in [1.29, 1.82) is 0 Å². The molecule has 0 spiro atoms. The highest BCUT2D eigenvalue weighted by atomic mass is 32.2. The van der Waals surface area contributed by atoms with Crippen molar-refractivity contribution >= 4 is 27.0 Å². The van der Waals surface area contributed by atoms with Crippen LogP contribution in [0.4, 0.5) is 0 Å². The van der Waals surface area contributed by atoms with E-state index in [4.69, 9.17) is 4.42 Å². The monoisotopic (exact) mass is 578 g/mol. The number of hydrogen-bond acceptors (Lipinski definition) is 7. The van der Waals surface area contributed by atoms with Crippen LogP contribution in [0, 0.1) is 11.8 Å². The van der Waals surface area contributed by atoms with Gasteiger partial charge in [-0.3, -0.25) is 9.36 Å². The van der Waals surface area contributed by atoms with Crippen molar-refractivity contribution in [3.8, 4) is 0 Å². The number of likely N-dealkylation sites (tertiary alicyclic amines) is 1. The Morgan fingerprint density at radius 2 is 1.83 bits per heavy atom. The van der Waals surface area contributed by atoms with Crippen molar-refractivity contribution in [2.75, 3.05) is 26.2 Å². The molecule has 0 saturated carbocycles. The summed E-state index contributed by atoms with van der Waals surface area (Å²) < 4.78 is 36.9. The fraction of sp³-hybridized carbons (Fsp3) is 0.448. The second-order valence-electron chi connectivity index (χ2n) is 11.1. The smallest absolute Gasteiger partial charge is 0.408 e. The van der Waals surface area contributed by atoms with Crippen LogP contribution in [0.1, 0.15) is 37.1 Å². The van der Waals surface area contributed by atoms with Crippen molar-refractivity contribution in [3.63, 3.8) is 0 Å². The second kappa shape index (κ2) is 11.2. The molecule has 2 aromatic heterocycles. The molecule has 2 fully saturated rings. The van der Waals surface area contributed by atoms with Gasteiger partial charge in [-0.2, -0.15) is 4.31 Å². The van der Waals surface area contributed by atoms with E-state index < -0.39 is 15.8 Å². The number of aromatic nitrogens is 4. The Hall–Kier alpha value is -3.77. The molecule has 4 aromatic rings. The van der Waals surface area contributed by atoms with E-state index in [1.54, 1.807) is 19.4 Å². The highest BCUT2D eigenvalue weighted by Gasteiger charge is 2.36. The number of sulfonamides is 1. The average molecular weight is 579 g/mol. The van der Waals surface area contributed by atoms with Crippen LogP contribution >= 0.6 is 0 Å². The zero-order chi connectivity index (χ0) is 28.6. The molecule has 4 heterocycles. The molecule has 2 aliphatic heterocycles. The van der Waals surface area contributed by atoms with Crippen LogP contribution in [-0.4, -0.2) is 69.0 Å². The normalized spacial score (nSPS) is 19.1. The van der Waals surface area contributed by atoms with E-state index in [-0.39, 0.29) is 28.8 Å². The van der Waals surface area contributed by atoms with Crippen LogP contribution < -0.4 is 5.76 Å². The molecule has 1 unspecified atom stereocenters. The largest absolute Gasteiger partial charge is 0.419 e. The van der Waals surface area contributed by atoms with Crippen LogP contribution in [-0.2, 0) is 34.8 Å². The Balaban J connectivity index is 1.06. The van der Waals surface area contributed by atoms with E-state index in [9.17, 15) is 18.0 Å². The molecule has 1 atom stereocenters. The molecule has 2 aromatic carbocycles. The lowest BCUT2D eigenvalue weighted by atomic mass is 9.91. The van der Waals surface area contributed by atoms with Gasteiger partial charge in [-0.1, -0.05) is 30.3 Å². The SMILES string of the molecule is Cn1c(=O)oc2cc(S(=O)(=O)N3CCCC(C(=O)N4CCC(Cc5nncn5Cc5ccccc5)CC4)C3)ccc21.